The van der Waals surface area contributed by atoms with Crippen molar-refractivity contribution in [1.29, 1.82) is 0 Å². The van der Waals surface area contributed by atoms with Crippen LogP contribution in [0.15, 0.2) is 0 Å². The molecule has 0 aliphatic heterocycles. The van der Waals surface area contributed by atoms with Crippen LogP contribution in [0.2, 0.25) is 0 Å². The van der Waals surface area contributed by atoms with Gasteiger partial charge in [-0.3, -0.25) is 4.79 Å². The molecule has 0 bridgehead atoms. The maximum absolute atomic E-state index is 11.9. The Hall–Kier alpha value is -0.260. The van der Waals surface area contributed by atoms with E-state index in [9.17, 15) is 4.79 Å². The minimum atomic E-state index is -0.378. The highest BCUT2D eigenvalue weighted by Gasteiger charge is 2.22. The number of carbonyl (C=O) groups is 1. The Balaban J connectivity index is 4.27. The third-order valence-electron chi connectivity index (χ3n) is 3.71. The van der Waals surface area contributed by atoms with Gasteiger partial charge in [-0.1, -0.05) is 26.7 Å². The zero-order chi connectivity index (χ0) is 14.8. The summed E-state index contributed by atoms with van der Waals surface area (Å²) in [7, 11) is 4.14. The molecule has 0 heterocycles. The van der Waals surface area contributed by atoms with Crippen LogP contribution in [0.4, 0.5) is 0 Å². The van der Waals surface area contributed by atoms with Crippen molar-refractivity contribution in [2.45, 2.75) is 45.2 Å². The molecule has 2 atom stereocenters. The predicted molar refractivity (Wildman–Crippen MR) is 85.5 cm³/mol. The largest absolute Gasteiger partial charge is 0.353 e. The first-order valence-electron chi connectivity index (χ1n) is 7.16. The first-order valence-corrected chi connectivity index (χ1v) is 8.55. The summed E-state index contributed by atoms with van der Waals surface area (Å²) in [6, 6.07) is 0.00339. The van der Waals surface area contributed by atoms with Gasteiger partial charge >= 0.3 is 0 Å². The summed E-state index contributed by atoms with van der Waals surface area (Å²) >= 11 is 1.72. The van der Waals surface area contributed by atoms with Crippen LogP contribution in [0, 0.1) is 5.92 Å². The zero-order valence-electron chi connectivity index (χ0n) is 13.1. The van der Waals surface area contributed by atoms with Gasteiger partial charge in [0.15, 0.2) is 0 Å². The van der Waals surface area contributed by atoms with Crippen molar-refractivity contribution in [2.24, 2.45) is 11.7 Å². The predicted octanol–water partition coefficient (Wildman–Crippen LogP) is 1.55. The number of amides is 1. The molecule has 4 nitrogen and oxygen atoms in total. The maximum Gasteiger partial charge on any atom is 0.237 e. The number of nitrogens with zero attached hydrogens (tertiary/aromatic N) is 1. The molecule has 5 heteroatoms. The Morgan fingerprint density at radius 1 is 1.32 bits per heavy atom. The van der Waals surface area contributed by atoms with Gasteiger partial charge in [0.1, 0.15) is 0 Å². The normalized spacial score (nSPS) is 14.7. The highest BCUT2D eigenvalue weighted by molar-refractivity contribution is 7.98. The molecule has 19 heavy (non-hydrogen) atoms. The summed E-state index contributed by atoms with van der Waals surface area (Å²) < 4.78 is 0. The Bertz CT molecular complexity index is 245. The molecule has 0 aromatic carbocycles. The number of hydrogen-bond acceptors (Lipinski definition) is 4. The number of nitrogens with two attached hydrogens (primary N) is 1. The van der Waals surface area contributed by atoms with Crippen LogP contribution in [-0.4, -0.2) is 55.5 Å². The molecule has 0 rings (SSSR count). The standard InChI is InChI=1S/C14H31N3OS/c1-6-11(7-2)13(17(3)4)10-16-14(18)12(15)8-9-19-5/h11-13H,6-10,15H2,1-5H3,(H,16,18)/t12-,13?/m1/s1. The number of rotatable bonds is 10. The van der Waals surface area contributed by atoms with E-state index in [2.05, 4.69) is 38.2 Å². The van der Waals surface area contributed by atoms with Crippen molar-refractivity contribution in [1.82, 2.24) is 10.2 Å². The minimum Gasteiger partial charge on any atom is -0.353 e. The molecule has 0 aliphatic rings. The molecule has 0 saturated carbocycles. The molecule has 0 spiro atoms. The minimum absolute atomic E-state index is 0.0214. The molecule has 0 saturated heterocycles. The van der Waals surface area contributed by atoms with Crippen LogP contribution in [0.1, 0.15) is 33.1 Å². The van der Waals surface area contributed by atoms with Gasteiger partial charge in [-0.05, 0) is 38.4 Å². The lowest BCUT2D eigenvalue weighted by molar-refractivity contribution is -0.122. The summed E-state index contributed by atoms with van der Waals surface area (Å²) in [5.41, 5.74) is 5.87. The smallest absolute Gasteiger partial charge is 0.237 e. The lowest BCUT2D eigenvalue weighted by atomic mass is 9.93. The van der Waals surface area contributed by atoms with E-state index in [1.165, 1.54) is 0 Å². The average Bonchev–Trinajstić information content (AvgIpc) is 2.39. The molecular formula is C14H31N3OS. The fourth-order valence-electron chi connectivity index (χ4n) is 2.32. The molecule has 114 valence electrons. The third-order valence-corrected chi connectivity index (χ3v) is 4.36. The fraction of sp³-hybridized carbons (Fsp3) is 0.929. The van der Waals surface area contributed by atoms with Crippen molar-refractivity contribution in [3.63, 3.8) is 0 Å². The number of hydrogen-bond donors (Lipinski definition) is 2. The summed E-state index contributed by atoms with van der Waals surface area (Å²) in [6.07, 6.45) is 5.03. The molecule has 0 fully saturated rings. The van der Waals surface area contributed by atoms with Gasteiger partial charge in [-0.2, -0.15) is 11.8 Å². The van der Waals surface area contributed by atoms with Gasteiger partial charge in [-0.25, -0.2) is 0 Å². The highest BCUT2D eigenvalue weighted by atomic mass is 32.2. The second kappa shape index (κ2) is 10.5. The van der Waals surface area contributed by atoms with Crippen LogP contribution in [0.5, 0.6) is 0 Å². The summed E-state index contributed by atoms with van der Waals surface area (Å²) in [4.78, 5) is 14.1. The Kier molecular flexibility index (Phi) is 10.4. The molecule has 3 N–H and O–H groups in total. The van der Waals surface area contributed by atoms with Gasteiger partial charge in [0, 0.05) is 12.6 Å². The number of nitrogens with one attached hydrogen (secondary N) is 1. The van der Waals surface area contributed by atoms with E-state index in [0.717, 1.165) is 25.0 Å². The second-order valence-electron chi connectivity index (χ2n) is 5.24. The van der Waals surface area contributed by atoms with E-state index >= 15 is 0 Å². The van der Waals surface area contributed by atoms with E-state index in [1.807, 2.05) is 6.26 Å². The van der Waals surface area contributed by atoms with E-state index < -0.39 is 0 Å². The Morgan fingerprint density at radius 3 is 2.32 bits per heavy atom. The van der Waals surface area contributed by atoms with Gasteiger partial charge < -0.3 is 16.0 Å². The van der Waals surface area contributed by atoms with E-state index in [1.54, 1.807) is 11.8 Å². The molecule has 1 unspecified atom stereocenters. The Labute approximate surface area is 122 Å². The first kappa shape index (κ1) is 18.7. The Morgan fingerprint density at radius 2 is 1.89 bits per heavy atom. The highest BCUT2D eigenvalue weighted by Crippen LogP contribution is 2.16. The monoisotopic (exact) mass is 289 g/mol. The summed E-state index contributed by atoms with van der Waals surface area (Å²) in [5, 5.41) is 3.01. The van der Waals surface area contributed by atoms with Crippen molar-refractivity contribution in [3.05, 3.63) is 0 Å². The third kappa shape index (κ3) is 7.18. The molecule has 1 amide bonds. The van der Waals surface area contributed by atoms with Crippen molar-refractivity contribution in [2.75, 3.05) is 32.6 Å². The van der Waals surface area contributed by atoms with Crippen LogP contribution < -0.4 is 11.1 Å². The fourth-order valence-corrected chi connectivity index (χ4v) is 2.81. The topological polar surface area (TPSA) is 58.4 Å². The number of likely N-dealkylation sites (N-methyl/N-ethyl adjacent to an activating group) is 1. The van der Waals surface area contributed by atoms with Gasteiger partial charge in [0.05, 0.1) is 6.04 Å². The first-order chi connectivity index (χ1) is 8.97. The molecule has 0 aliphatic carbocycles. The SMILES string of the molecule is CCC(CC)C(CNC(=O)[C@H](N)CCSC)N(C)C. The van der Waals surface area contributed by atoms with Gasteiger partial charge in [0.25, 0.3) is 0 Å². The lowest BCUT2D eigenvalue weighted by Gasteiger charge is -2.31. The van der Waals surface area contributed by atoms with Crippen molar-refractivity contribution >= 4 is 17.7 Å². The van der Waals surface area contributed by atoms with Crippen LogP contribution in [-0.2, 0) is 4.79 Å². The van der Waals surface area contributed by atoms with Crippen molar-refractivity contribution in [3.8, 4) is 0 Å². The molecular weight excluding hydrogens is 258 g/mol. The van der Waals surface area contributed by atoms with Gasteiger partial charge in [-0.15, -0.1) is 0 Å². The van der Waals surface area contributed by atoms with E-state index in [-0.39, 0.29) is 11.9 Å². The zero-order valence-corrected chi connectivity index (χ0v) is 13.9. The maximum atomic E-state index is 11.9. The quantitative estimate of drug-likeness (QED) is 0.641. The molecule has 0 radical (unpaired) electrons. The van der Waals surface area contributed by atoms with Crippen LogP contribution in [0.3, 0.4) is 0 Å². The van der Waals surface area contributed by atoms with Crippen LogP contribution in [0.25, 0.3) is 0 Å². The van der Waals surface area contributed by atoms with Crippen molar-refractivity contribution < 1.29 is 4.79 Å². The molecule has 0 aromatic rings. The van der Waals surface area contributed by atoms with E-state index in [4.69, 9.17) is 5.73 Å². The lowest BCUT2D eigenvalue weighted by Crippen LogP contribution is -2.49. The second-order valence-corrected chi connectivity index (χ2v) is 6.23. The number of carbonyl (C=O) groups excluding carboxylic acids is 1. The summed E-state index contributed by atoms with van der Waals surface area (Å²) in [6.45, 7) is 5.10. The number of thioether (sulfide) groups is 1. The van der Waals surface area contributed by atoms with E-state index in [0.29, 0.717) is 18.5 Å². The summed E-state index contributed by atoms with van der Waals surface area (Å²) in [5.74, 6) is 1.52. The molecule has 0 aromatic heterocycles. The average molecular weight is 289 g/mol. The van der Waals surface area contributed by atoms with Crippen LogP contribution >= 0.6 is 11.8 Å². The van der Waals surface area contributed by atoms with Gasteiger partial charge in [0.2, 0.25) is 5.91 Å².